The van der Waals surface area contributed by atoms with Crippen molar-refractivity contribution in [3.63, 3.8) is 0 Å². The standard InChI is InChI=1S/C34H39N5O3/c1-8-37(9-2)27-20-21-28(29(22-27)42-7)32(30-23(3)35(5)38(33(30)40)25-16-12-10-13-17-25)31-24(4)36(6)39(34(31)41)26-18-14-11-15-19-26/h10-22,32H,8-9H2,1-7H3. The average molecular weight is 566 g/mol. The SMILES string of the molecule is CCN(CC)c1ccc(C(c2c(C)n(C)n(-c3ccccc3)c2=O)c2c(C)n(C)n(-c3ccccc3)c2=O)c(OC)c1. The molecule has 8 nitrogen and oxygen atoms in total. The summed E-state index contributed by atoms with van der Waals surface area (Å²) in [4.78, 5) is 31.1. The van der Waals surface area contributed by atoms with Crippen LogP contribution < -0.4 is 20.8 Å². The predicted octanol–water partition coefficient (Wildman–Crippen LogP) is 5.32. The quantitative estimate of drug-likeness (QED) is 0.243. The number of methoxy groups -OCH3 is 1. The first-order valence-corrected chi connectivity index (χ1v) is 14.4. The van der Waals surface area contributed by atoms with Crippen LogP contribution in [-0.4, -0.2) is 38.9 Å². The van der Waals surface area contributed by atoms with Crippen molar-refractivity contribution >= 4 is 5.69 Å². The van der Waals surface area contributed by atoms with Crippen molar-refractivity contribution in [2.24, 2.45) is 14.1 Å². The Balaban J connectivity index is 1.86. The summed E-state index contributed by atoms with van der Waals surface area (Å²) in [6, 6.07) is 25.2. The van der Waals surface area contributed by atoms with Crippen molar-refractivity contribution in [2.45, 2.75) is 33.6 Å². The summed E-state index contributed by atoms with van der Waals surface area (Å²) in [5, 5.41) is 0. The Kier molecular flexibility index (Phi) is 7.98. The van der Waals surface area contributed by atoms with E-state index in [0.29, 0.717) is 16.9 Å². The number of anilines is 1. The Morgan fingerprint density at radius 1 is 0.714 bits per heavy atom. The molecule has 42 heavy (non-hydrogen) atoms. The molecule has 0 saturated carbocycles. The minimum atomic E-state index is -0.668. The van der Waals surface area contributed by atoms with Crippen LogP contribution in [0.15, 0.2) is 88.5 Å². The van der Waals surface area contributed by atoms with Crippen LogP contribution >= 0.6 is 0 Å². The van der Waals surface area contributed by atoms with E-state index in [4.69, 9.17) is 4.74 Å². The Labute approximate surface area is 246 Å². The maximum absolute atomic E-state index is 14.4. The zero-order valence-electron chi connectivity index (χ0n) is 25.5. The number of para-hydroxylation sites is 2. The van der Waals surface area contributed by atoms with Crippen molar-refractivity contribution in [3.8, 4) is 17.1 Å². The first-order valence-electron chi connectivity index (χ1n) is 14.4. The van der Waals surface area contributed by atoms with Crippen LogP contribution in [0, 0.1) is 13.8 Å². The van der Waals surface area contributed by atoms with Crippen molar-refractivity contribution in [1.29, 1.82) is 0 Å². The van der Waals surface area contributed by atoms with Crippen LogP contribution in [0.25, 0.3) is 11.4 Å². The summed E-state index contributed by atoms with van der Waals surface area (Å²) in [6.45, 7) is 9.81. The zero-order valence-corrected chi connectivity index (χ0v) is 25.5. The van der Waals surface area contributed by atoms with Gasteiger partial charge in [-0.25, -0.2) is 9.36 Å². The second-order valence-corrected chi connectivity index (χ2v) is 10.5. The van der Waals surface area contributed by atoms with Gasteiger partial charge >= 0.3 is 0 Å². The minimum absolute atomic E-state index is 0.171. The average Bonchev–Trinajstić information content (AvgIpc) is 3.37. The summed E-state index contributed by atoms with van der Waals surface area (Å²) in [5.41, 5.74) is 5.60. The van der Waals surface area contributed by atoms with Crippen LogP contribution in [-0.2, 0) is 14.1 Å². The molecule has 2 aromatic heterocycles. The molecule has 0 aliphatic heterocycles. The Bertz CT molecular complexity index is 1720. The molecule has 5 rings (SSSR count). The molecule has 0 radical (unpaired) electrons. The molecule has 0 aliphatic carbocycles. The molecule has 5 aromatic rings. The zero-order chi connectivity index (χ0) is 30.1. The van der Waals surface area contributed by atoms with Gasteiger partial charge in [-0.05, 0) is 58.0 Å². The van der Waals surface area contributed by atoms with Gasteiger partial charge in [-0.15, -0.1) is 0 Å². The van der Waals surface area contributed by atoms with Gasteiger partial charge < -0.3 is 9.64 Å². The highest BCUT2D eigenvalue weighted by Gasteiger charge is 2.34. The summed E-state index contributed by atoms with van der Waals surface area (Å²) in [5.74, 6) is -0.0368. The fourth-order valence-corrected chi connectivity index (χ4v) is 6.02. The summed E-state index contributed by atoms with van der Waals surface area (Å²) < 4.78 is 13.1. The predicted molar refractivity (Wildman–Crippen MR) is 169 cm³/mol. The van der Waals surface area contributed by atoms with Crippen molar-refractivity contribution < 1.29 is 4.74 Å². The Morgan fingerprint density at radius 3 is 1.57 bits per heavy atom. The van der Waals surface area contributed by atoms with Gasteiger partial charge in [0.1, 0.15) is 5.75 Å². The summed E-state index contributed by atoms with van der Waals surface area (Å²) in [6.07, 6.45) is 0. The van der Waals surface area contributed by atoms with Gasteiger partial charge in [0.25, 0.3) is 11.1 Å². The summed E-state index contributed by atoms with van der Waals surface area (Å²) >= 11 is 0. The molecular weight excluding hydrogens is 526 g/mol. The molecule has 2 heterocycles. The lowest BCUT2D eigenvalue weighted by Crippen LogP contribution is -2.27. The highest BCUT2D eigenvalue weighted by atomic mass is 16.5. The van der Waals surface area contributed by atoms with E-state index in [-0.39, 0.29) is 11.1 Å². The number of hydrogen-bond acceptors (Lipinski definition) is 4. The van der Waals surface area contributed by atoms with Gasteiger partial charge in [0, 0.05) is 55.9 Å². The Hall–Kier alpha value is -4.72. The number of benzene rings is 3. The van der Waals surface area contributed by atoms with Crippen molar-refractivity contribution in [3.05, 3.63) is 128 Å². The third kappa shape index (κ3) is 4.66. The molecule has 0 atom stereocenters. The van der Waals surface area contributed by atoms with Gasteiger partial charge in [0.15, 0.2) is 0 Å². The lowest BCUT2D eigenvalue weighted by molar-refractivity contribution is 0.409. The van der Waals surface area contributed by atoms with Crippen LogP contribution in [0.2, 0.25) is 0 Å². The smallest absolute Gasteiger partial charge is 0.275 e. The number of ether oxygens (including phenoxy) is 1. The first-order chi connectivity index (χ1) is 20.2. The Morgan fingerprint density at radius 2 is 1.17 bits per heavy atom. The molecule has 0 fully saturated rings. The number of hydrogen-bond donors (Lipinski definition) is 0. The minimum Gasteiger partial charge on any atom is -0.496 e. The number of nitrogens with zero attached hydrogens (tertiary/aromatic N) is 5. The van der Waals surface area contributed by atoms with E-state index in [1.807, 2.05) is 110 Å². The maximum Gasteiger partial charge on any atom is 0.275 e. The van der Waals surface area contributed by atoms with Crippen LogP contribution in [0.1, 0.15) is 47.8 Å². The largest absolute Gasteiger partial charge is 0.496 e. The molecule has 0 bridgehead atoms. The topological polar surface area (TPSA) is 66.3 Å². The molecule has 0 unspecified atom stereocenters. The molecule has 8 heteroatoms. The van der Waals surface area contributed by atoms with Gasteiger partial charge in [-0.2, -0.15) is 0 Å². The normalized spacial score (nSPS) is 11.3. The van der Waals surface area contributed by atoms with Gasteiger partial charge in [0.05, 0.1) is 35.5 Å². The molecule has 0 saturated heterocycles. The molecule has 3 aromatic carbocycles. The van der Waals surface area contributed by atoms with Gasteiger partial charge in [-0.3, -0.25) is 19.0 Å². The molecule has 0 N–H and O–H groups in total. The van der Waals surface area contributed by atoms with E-state index < -0.39 is 5.92 Å². The fourth-order valence-electron chi connectivity index (χ4n) is 6.02. The van der Waals surface area contributed by atoms with Crippen LogP contribution in [0.4, 0.5) is 5.69 Å². The molecule has 0 amide bonds. The van der Waals surface area contributed by atoms with Crippen LogP contribution in [0.3, 0.4) is 0 Å². The van der Waals surface area contributed by atoms with Crippen molar-refractivity contribution in [2.75, 3.05) is 25.1 Å². The van der Waals surface area contributed by atoms with E-state index in [1.165, 1.54) is 0 Å². The maximum atomic E-state index is 14.4. The lowest BCUT2D eigenvalue weighted by Gasteiger charge is -2.24. The second-order valence-electron chi connectivity index (χ2n) is 10.5. The van der Waals surface area contributed by atoms with Gasteiger partial charge in [-0.1, -0.05) is 42.5 Å². The van der Waals surface area contributed by atoms with Crippen LogP contribution in [0.5, 0.6) is 5.75 Å². The third-order valence-electron chi connectivity index (χ3n) is 8.43. The first kappa shape index (κ1) is 28.8. The fraction of sp³-hybridized carbons (Fsp3) is 0.294. The molecule has 218 valence electrons. The monoisotopic (exact) mass is 565 g/mol. The second kappa shape index (κ2) is 11.6. The lowest BCUT2D eigenvalue weighted by atomic mass is 9.84. The third-order valence-corrected chi connectivity index (χ3v) is 8.43. The van der Waals surface area contributed by atoms with E-state index in [9.17, 15) is 9.59 Å². The molecular formula is C34H39N5O3. The highest BCUT2D eigenvalue weighted by Crippen LogP contribution is 2.39. The number of aromatic nitrogens is 4. The number of rotatable bonds is 9. The molecule has 0 spiro atoms. The highest BCUT2D eigenvalue weighted by molar-refractivity contribution is 5.59. The van der Waals surface area contributed by atoms with E-state index in [2.05, 4.69) is 24.8 Å². The van der Waals surface area contributed by atoms with E-state index in [1.54, 1.807) is 16.5 Å². The van der Waals surface area contributed by atoms with Gasteiger partial charge in [0.2, 0.25) is 0 Å². The molecule has 0 aliphatic rings. The van der Waals surface area contributed by atoms with E-state index in [0.717, 1.165) is 47.1 Å². The van der Waals surface area contributed by atoms with Crippen molar-refractivity contribution in [1.82, 2.24) is 18.7 Å². The summed E-state index contributed by atoms with van der Waals surface area (Å²) in [7, 11) is 5.40. The van der Waals surface area contributed by atoms with E-state index >= 15 is 0 Å².